The first-order chi connectivity index (χ1) is 39.9. The summed E-state index contributed by atoms with van der Waals surface area (Å²) in [4.78, 5) is 21.3. The number of ether oxygens (including phenoxy) is 2. The second kappa shape index (κ2) is 32.6. The summed E-state index contributed by atoms with van der Waals surface area (Å²) in [6.45, 7) is 29.4. The van der Waals surface area contributed by atoms with Gasteiger partial charge < -0.3 is 39.5 Å². The maximum absolute atomic E-state index is 9.51. The third-order valence-electron chi connectivity index (χ3n) is 15.0. The topological polar surface area (TPSA) is 128 Å². The Hall–Kier alpha value is -7.73. The van der Waals surface area contributed by atoms with Gasteiger partial charge in [-0.05, 0) is 183 Å². The monoisotopic (exact) mass is 1110 g/mol. The number of hydrogen-bond acceptors (Lipinski definition) is 11. The SMILES string of the molecule is CCC(CC)Oc1ccc2nc(-c3ccc(N(CC)CC)cc3)ccc2c1.CCC(CO)Oc1ccc2nc(-c3ccc(N(CC)CC)cc3)ccc2c1.CCC(O)CC.CCN(CC)c1ccc(-c2ccc3cc(O)ccc3n2)cc1. The number of aromatic nitrogens is 3. The molecular weight excluding hydrogens is 1020 g/mol. The zero-order valence-corrected chi connectivity index (χ0v) is 50.6. The lowest BCUT2D eigenvalue weighted by molar-refractivity contribution is 0.113. The molecule has 0 aliphatic heterocycles. The minimum absolute atomic E-state index is 0.0230. The normalized spacial score (nSPS) is 11.3. The van der Waals surface area contributed by atoms with E-state index >= 15 is 0 Å². The molecule has 0 amide bonds. The van der Waals surface area contributed by atoms with E-state index in [1.54, 1.807) is 12.1 Å². The molecule has 0 bridgehead atoms. The van der Waals surface area contributed by atoms with Gasteiger partial charge in [-0.2, -0.15) is 0 Å². The average Bonchev–Trinajstić information content (AvgIpc) is 3.56. The van der Waals surface area contributed by atoms with Crippen molar-refractivity contribution >= 4 is 49.8 Å². The molecule has 0 radical (unpaired) electrons. The number of hydrogen-bond donors (Lipinski definition) is 3. The molecular formula is C71H90N6O5. The highest BCUT2D eigenvalue weighted by atomic mass is 16.5. The zero-order valence-electron chi connectivity index (χ0n) is 50.6. The molecule has 0 spiro atoms. The molecule has 11 nitrogen and oxygen atoms in total. The van der Waals surface area contributed by atoms with Crippen molar-refractivity contribution in [1.29, 1.82) is 0 Å². The Labute approximate surface area is 489 Å². The van der Waals surface area contributed by atoms with Crippen molar-refractivity contribution < 1.29 is 24.8 Å². The summed E-state index contributed by atoms with van der Waals surface area (Å²) < 4.78 is 11.9. The summed E-state index contributed by atoms with van der Waals surface area (Å²) in [5.41, 5.74) is 12.8. The van der Waals surface area contributed by atoms with Gasteiger partial charge >= 0.3 is 0 Å². The van der Waals surface area contributed by atoms with E-state index in [-0.39, 0.29) is 30.7 Å². The quantitative estimate of drug-likeness (QED) is 0.0600. The molecule has 0 saturated heterocycles. The third-order valence-corrected chi connectivity index (χ3v) is 15.0. The van der Waals surface area contributed by atoms with E-state index in [2.05, 4.69) is 178 Å². The number of nitrogens with zero attached hydrogens (tertiary/aromatic N) is 6. The molecule has 3 N–H and O–H groups in total. The Kier molecular flexibility index (Phi) is 25.3. The average molecular weight is 1110 g/mol. The summed E-state index contributed by atoms with van der Waals surface area (Å²) in [5, 5.41) is 30.6. The fourth-order valence-corrected chi connectivity index (χ4v) is 9.62. The van der Waals surface area contributed by atoms with Gasteiger partial charge in [0, 0.05) is 89.2 Å². The molecule has 9 aromatic rings. The zero-order chi connectivity index (χ0) is 59.0. The van der Waals surface area contributed by atoms with Crippen LogP contribution in [0.15, 0.2) is 164 Å². The first kappa shape index (κ1) is 63.5. The molecule has 0 aliphatic rings. The Bertz CT molecular complexity index is 3140. The molecule has 3 aromatic heterocycles. The predicted octanol–water partition coefficient (Wildman–Crippen LogP) is 16.8. The molecule has 3 heterocycles. The van der Waals surface area contributed by atoms with Crippen molar-refractivity contribution in [2.45, 2.75) is 127 Å². The van der Waals surface area contributed by atoms with Crippen molar-refractivity contribution in [3.05, 3.63) is 164 Å². The van der Waals surface area contributed by atoms with Gasteiger partial charge in [0.25, 0.3) is 0 Å². The van der Waals surface area contributed by atoms with Gasteiger partial charge in [0.15, 0.2) is 0 Å². The van der Waals surface area contributed by atoms with Crippen LogP contribution in [0.5, 0.6) is 17.2 Å². The number of benzene rings is 6. The lowest BCUT2D eigenvalue weighted by atomic mass is 10.1. The highest BCUT2D eigenvalue weighted by Gasteiger charge is 2.12. The minimum Gasteiger partial charge on any atom is -0.508 e. The molecule has 0 aliphatic carbocycles. The second-order valence-electron chi connectivity index (χ2n) is 20.2. The van der Waals surface area contributed by atoms with Crippen LogP contribution in [0.25, 0.3) is 66.5 Å². The van der Waals surface area contributed by atoms with E-state index in [1.807, 2.05) is 69.3 Å². The van der Waals surface area contributed by atoms with Crippen LogP contribution in [0.3, 0.4) is 0 Å². The van der Waals surface area contributed by atoms with E-state index < -0.39 is 0 Å². The number of aliphatic hydroxyl groups is 2. The summed E-state index contributed by atoms with van der Waals surface area (Å²) in [5.74, 6) is 1.96. The molecule has 0 saturated carbocycles. The maximum atomic E-state index is 9.51. The van der Waals surface area contributed by atoms with E-state index in [4.69, 9.17) is 24.5 Å². The molecule has 1 atom stereocenters. The number of anilines is 3. The highest BCUT2D eigenvalue weighted by Crippen LogP contribution is 2.30. The summed E-state index contributed by atoms with van der Waals surface area (Å²) >= 11 is 0. The first-order valence-electron chi connectivity index (χ1n) is 30.0. The smallest absolute Gasteiger partial charge is 0.121 e. The van der Waals surface area contributed by atoms with Crippen molar-refractivity contribution in [2.75, 3.05) is 60.6 Å². The fourth-order valence-electron chi connectivity index (χ4n) is 9.62. The Morgan fingerprint density at radius 2 is 0.683 bits per heavy atom. The number of aromatic hydroxyl groups is 1. The molecule has 0 fully saturated rings. The summed E-state index contributed by atoms with van der Waals surface area (Å²) in [6.07, 6.45) is 4.63. The molecule has 82 heavy (non-hydrogen) atoms. The van der Waals surface area contributed by atoms with E-state index in [1.165, 1.54) is 17.1 Å². The summed E-state index contributed by atoms with van der Waals surface area (Å²) in [7, 11) is 0. The largest absolute Gasteiger partial charge is 0.508 e. The van der Waals surface area contributed by atoms with Gasteiger partial charge in [0.2, 0.25) is 0 Å². The van der Waals surface area contributed by atoms with Crippen molar-refractivity contribution in [2.24, 2.45) is 0 Å². The van der Waals surface area contributed by atoms with Crippen LogP contribution >= 0.6 is 0 Å². The third kappa shape index (κ3) is 17.6. The lowest BCUT2D eigenvalue weighted by Gasteiger charge is -2.21. The van der Waals surface area contributed by atoms with Gasteiger partial charge in [0.1, 0.15) is 23.4 Å². The number of pyridine rings is 3. The van der Waals surface area contributed by atoms with E-state index in [0.717, 1.165) is 149 Å². The van der Waals surface area contributed by atoms with Crippen molar-refractivity contribution in [3.63, 3.8) is 0 Å². The number of aliphatic hydroxyl groups excluding tert-OH is 2. The lowest BCUT2D eigenvalue weighted by Crippen LogP contribution is -2.21. The molecule has 11 heteroatoms. The Balaban J connectivity index is 0.000000189. The van der Waals surface area contributed by atoms with Gasteiger partial charge in [-0.1, -0.05) is 89.2 Å². The van der Waals surface area contributed by atoms with Gasteiger partial charge in [0.05, 0.1) is 52.4 Å². The van der Waals surface area contributed by atoms with Crippen LogP contribution in [0.1, 0.15) is 108 Å². The molecule has 434 valence electrons. The molecule has 6 aromatic carbocycles. The van der Waals surface area contributed by atoms with Gasteiger partial charge in [-0.15, -0.1) is 0 Å². The standard InChI is InChI=1S/C24H30N2O.C23H28N2O2.C19H20N2O.C5H12O/c1-5-21(6-2)27-22-14-16-24-19(17-22)11-15-23(25-24)18-9-12-20(13-10-18)26(7-3)8-4;1-4-20(16-26)27-21-12-14-23-18(15-21)9-13-22(24-23)17-7-10-19(11-8-17)25(5-2)6-3;1-3-21(4-2)16-8-5-14(6-9-16)18-11-7-15-13-17(22)10-12-19(15)20-18;1-3-5(6)4-2/h9-17,21H,5-8H2,1-4H3;7-15,20,26H,4-6,16H2,1-3H3;5-13,22H,3-4H2,1-2H3;5-6H,3-4H2,1-2H3. The highest BCUT2D eigenvalue weighted by molar-refractivity contribution is 5.85. The van der Waals surface area contributed by atoms with Crippen LogP contribution in [-0.4, -0.2) is 94.5 Å². The van der Waals surface area contributed by atoms with Crippen LogP contribution in [0.2, 0.25) is 0 Å². The van der Waals surface area contributed by atoms with Crippen LogP contribution in [0, 0.1) is 0 Å². The second-order valence-corrected chi connectivity index (χ2v) is 20.2. The first-order valence-corrected chi connectivity index (χ1v) is 30.0. The van der Waals surface area contributed by atoms with Crippen molar-refractivity contribution in [3.8, 4) is 51.0 Å². The van der Waals surface area contributed by atoms with Crippen LogP contribution in [0.4, 0.5) is 17.1 Å². The summed E-state index contributed by atoms with van der Waals surface area (Å²) in [6, 6.07) is 55.4. The number of rotatable bonds is 22. The number of phenolic OH excluding ortho intramolecular Hbond substituents is 1. The Morgan fingerprint density at radius 1 is 0.366 bits per heavy atom. The van der Waals surface area contributed by atoms with Crippen molar-refractivity contribution in [1.82, 2.24) is 15.0 Å². The number of phenols is 1. The van der Waals surface area contributed by atoms with E-state index in [0.29, 0.717) is 0 Å². The van der Waals surface area contributed by atoms with E-state index in [9.17, 15) is 10.2 Å². The Morgan fingerprint density at radius 3 is 0.976 bits per heavy atom. The molecule has 1 unspecified atom stereocenters. The van der Waals surface area contributed by atoms with Crippen LogP contribution < -0.4 is 24.2 Å². The fraction of sp³-hybridized carbons (Fsp3) is 0.366. The van der Waals surface area contributed by atoms with Gasteiger partial charge in [-0.25, -0.2) is 15.0 Å². The number of fused-ring (bicyclic) bond motifs is 3. The predicted molar refractivity (Wildman–Crippen MR) is 347 cm³/mol. The van der Waals surface area contributed by atoms with Gasteiger partial charge in [-0.3, -0.25) is 0 Å². The molecule has 9 rings (SSSR count). The van der Waals surface area contributed by atoms with Crippen LogP contribution in [-0.2, 0) is 0 Å². The maximum Gasteiger partial charge on any atom is 0.121 e. The minimum atomic E-state index is -0.168.